The third-order valence-electron chi connectivity index (χ3n) is 4.27. The van der Waals surface area contributed by atoms with Crippen LogP contribution in [0.2, 0.25) is 5.15 Å². The molecule has 1 saturated carbocycles. The molecule has 2 heterocycles. The SMILES string of the molecule is COc1cnc(Cl)cc1-c1cc(C2CCCC2)ncc1C(=O)O. The molecule has 0 spiro atoms. The zero-order valence-corrected chi connectivity index (χ0v) is 13.5. The second-order valence-corrected chi connectivity index (χ2v) is 6.04. The second-order valence-electron chi connectivity index (χ2n) is 5.65. The van der Waals surface area contributed by atoms with Crippen LogP contribution in [0, 0.1) is 0 Å². The fourth-order valence-electron chi connectivity index (χ4n) is 3.10. The van der Waals surface area contributed by atoms with Crippen LogP contribution in [0.25, 0.3) is 11.1 Å². The van der Waals surface area contributed by atoms with Gasteiger partial charge in [0, 0.05) is 28.9 Å². The second kappa shape index (κ2) is 6.54. The minimum Gasteiger partial charge on any atom is -0.494 e. The molecular formula is C17H17ClN2O3. The van der Waals surface area contributed by atoms with E-state index < -0.39 is 5.97 Å². The summed E-state index contributed by atoms with van der Waals surface area (Å²) in [5.41, 5.74) is 2.24. The maximum absolute atomic E-state index is 11.6. The van der Waals surface area contributed by atoms with Gasteiger partial charge in [-0.2, -0.15) is 0 Å². The number of nitrogens with zero attached hydrogens (tertiary/aromatic N) is 2. The van der Waals surface area contributed by atoms with Crippen molar-refractivity contribution in [3.63, 3.8) is 0 Å². The molecule has 0 bridgehead atoms. The lowest BCUT2D eigenvalue weighted by Crippen LogP contribution is -2.05. The van der Waals surface area contributed by atoms with Gasteiger partial charge in [-0.1, -0.05) is 24.4 Å². The van der Waals surface area contributed by atoms with Crippen molar-refractivity contribution in [2.45, 2.75) is 31.6 Å². The number of carboxylic acids is 1. The highest BCUT2D eigenvalue weighted by Crippen LogP contribution is 2.38. The first-order valence-electron chi connectivity index (χ1n) is 7.53. The van der Waals surface area contributed by atoms with E-state index in [-0.39, 0.29) is 10.7 Å². The fourth-order valence-corrected chi connectivity index (χ4v) is 3.26. The number of rotatable bonds is 4. The largest absolute Gasteiger partial charge is 0.494 e. The summed E-state index contributed by atoms with van der Waals surface area (Å²) in [5, 5.41) is 9.77. The lowest BCUT2D eigenvalue weighted by atomic mass is 9.96. The van der Waals surface area contributed by atoms with E-state index in [4.69, 9.17) is 16.3 Å². The highest BCUT2D eigenvalue weighted by atomic mass is 35.5. The third-order valence-corrected chi connectivity index (χ3v) is 4.48. The summed E-state index contributed by atoms with van der Waals surface area (Å²) in [4.78, 5) is 19.9. The molecule has 2 aromatic heterocycles. The number of carboxylic acid groups (broad SMARTS) is 1. The van der Waals surface area contributed by atoms with Crippen molar-refractivity contribution >= 4 is 17.6 Å². The molecule has 0 radical (unpaired) electrons. The molecule has 0 saturated heterocycles. The summed E-state index contributed by atoms with van der Waals surface area (Å²) in [7, 11) is 1.52. The molecule has 0 aliphatic heterocycles. The minimum absolute atomic E-state index is 0.132. The average molecular weight is 333 g/mol. The maximum Gasteiger partial charge on any atom is 0.337 e. The number of carbonyl (C=O) groups is 1. The van der Waals surface area contributed by atoms with E-state index in [2.05, 4.69) is 9.97 Å². The molecule has 120 valence electrons. The first-order valence-corrected chi connectivity index (χ1v) is 7.91. The zero-order valence-electron chi connectivity index (χ0n) is 12.8. The number of hydrogen-bond donors (Lipinski definition) is 1. The number of halogens is 1. The van der Waals surface area contributed by atoms with Crippen molar-refractivity contribution in [3.8, 4) is 16.9 Å². The van der Waals surface area contributed by atoms with Crippen molar-refractivity contribution in [3.05, 3.63) is 40.9 Å². The molecule has 1 aliphatic rings. The number of pyridine rings is 2. The quantitative estimate of drug-likeness (QED) is 0.851. The highest BCUT2D eigenvalue weighted by molar-refractivity contribution is 6.29. The Labute approximate surface area is 139 Å². The average Bonchev–Trinajstić information content (AvgIpc) is 3.08. The van der Waals surface area contributed by atoms with Crippen LogP contribution in [-0.2, 0) is 0 Å². The van der Waals surface area contributed by atoms with E-state index in [9.17, 15) is 9.90 Å². The van der Waals surface area contributed by atoms with Crippen LogP contribution in [0.5, 0.6) is 5.75 Å². The Balaban J connectivity index is 2.17. The van der Waals surface area contributed by atoms with Gasteiger partial charge in [-0.3, -0.25) is 4.98 Å². The Hall–Kier alpha value is -2.14. The van der Waals surface area contributed by atoms with E-state index in [1.165, 1.54) is 32.3 Å². The summed E-state index contributed by atoms with van der Waals surface area (Å²) in [6.07, 6.45) is 7.48. The van der Waals surface area contributed by atoms with Crippen molar-refractivity contribution in [2.75, 3.05) is 7.11 Å². The molecule has 5 nitrogen and oxygen atoms in total. The number of aromatic nitrogens is 2. The number of aromatic carboxylic acids is 1. The van der Waals surface area contributed by atoms with Crippen LogP contribution in [0.4, 0.5) is 0 Å². The molecule has 1 N–H and O–H groups in total. The first-order chi connectivity index (χ1) is 11.1. The molecule has 3 rings (SSSR count). The Morgan fingerprint density at radius 1 is 1.22 bits per heavy atom. The van der Waals surface area contributed by atoms with Gasteiger partial charge in [0.05, 0.1) is 18.9 Å². The van der Waals surface area contributed by atoms with Gasteiger partial charge < -0.3 is 9.84 Å². The van der Waals surface area contributed by atoms with E-state index in [1.54, 1.807) is 6.07 Å². The first kappa shape index (κ1) is 15.7. The maximum atomic E-state index is 11.6. The van der Waals surface area contributed by atoms with Gasteiger partial charge in [-0.05, 0) is 25.0 Å². The van der Waals surface area contributed by atoms with Crippen LogP contribution >= 0.6 is 11.6 Å². The molecule has 0 atom stereocenters. The Morgan fingerprint density at radius 3 is 2.61 bits per heavy atom. The molecule has 0 aromatic carbocycles. The molecule has 6 heteroatoms. The molecule has 0 unspecified atom stereocenters. The minimum atomic E-state index is -1.03. The molecule has 1 aliphatic carbocycles. The van der Waals surface area contributed by atoms with Crippen LogP contribution in [0.3, 0.4) is 0 Å². The van der Waals surface area contributed by atoms with Crippen LogP contribution < -0.4 is 4.74 Å². The summed E-state index contributed by atoms with van der Waals surface area (Å²) in [5.74, 6) is -0.152. The standard InChI is InChI=1S/C17H17ClN2O3/c1-23-15-9-20-16(18)7-12(15)11-6-14(10-4-2-3-5-10)19-8-13(11)17(21)22/h6-10H,2-5H2,1H3,(H,21,22). The van der Waals surface area contributed by atoms with Crippen LogP contribution in [0.15, 0.2) is 24.5 Å². The summed E-state index contributed by atoms with van der Waals surface area (Å²) >= 11 is 5.99. The monoisotopic (exact) mass is 332 g/mol. The van der Waals surface area contributed by atoms with Gasteiger partial charge in [0.15, 0.2) is 0 Å². The van der Waals surface area contributed by atoms with Crippen molar-refractivity contribution in [1.82, 2.24) is 9.97 Å². The van der Waals surface area contributed by atoms with E-state index in [1.807, 2.05) is 6.07 Å². The lowest BCUT2D eigenvalue weighted by molar-refractivity contribution is 0.0697. The van der Waals surface area contributed by atoms with Gasteiger partial charge in [-0.15, -0.1) is 0 Å². The van der Waals surface area contributed by atoms with Crippen molar-refractivity contribution in [2.24, 2.45) is 0 Å². The van der Waals surface area contributed by atoms with Gasteiger partial charge in [0.25, 0.3) is 0 Å². The number of methoxy groups -OCH3 is 1. The zero-order chi connectivity index (χ0) is 16.4. The molecular weight excluding hydrogens is 316 g/mol. The molecule has 23 heavy (non-hydrogen) atoms. The fraction of sp³-hybridized carbons (Fsp3) is 0.353. The highest BCUT2D eigenvalue weighted by Gasteiger charge is 2.23. The normalized spacial score (nSPS) is 14.9. The van der Waals surface area contributed by atoms with Gasteiger partial charge in [0.1, 0.15) is 10.9 Å². The van der Waals surface area contributed by atoms with Crippen LogP contribution in [0.1, 0.15) is 47.7 Å². The topological polar surface area (TPSA) is 72.3 Å². The Morgan fingerprint density at radius 2 is 1.96 bits per heavy atom. The smallest absolute Gasteiger partial charge is 0.337 e. The van der Waals surface area contributed by atoms with E-state index >= 15 is 0 Å². The van der Waals surface area contributed by atoms with Gasteiger partial charge >= 0.3 is 5.97 Å². The summed E-state index contributed by atoms with van der Waals surface area (Å²) < 4.78 is 5.32. The van der Waals surface area contributed by atoms with Crippen LogP contribution in [-0.4, -0.2) is 28.2 Å². The summed E-state index contributed by atoms with van der Waals surface area (Å²) in [6, 6.07) is 3.48. The predicted octanol–water partition coefficient (Wildman–Crippen LogP) is 4.16. The van der Waals surface area contributed by atoms with Gasteiger partial charge in [0.2, 0.25) is 0 Å². The van der Waals surface area contributed by atoms with Crippen molar-refractivity contribution in [1.29, 1.82) is 0 Å². The molecule has 0 amide bonds. The third kappa shape index (κ3) is 3.15. The molecule has 2 aromatic rings. The molecule has 1 fully saturated rings. The predicted molar refractivity (Wildman–Crippen MR) is 87.2 cm³/mol. The Kier molecular flexibility index (Phi) is 4.48. The Bertz CT molecular complexity index is 743. The van der Waals surface area contributed by atoms with E-state index in [0.29, 0.717) is 22.8 Å². The number of hydrogen-bond acceptors (Lipinski definition) is 4. The number of ether oxygens (including phenoxy) is 1. The van der Waals surface area contributed by atoms with Gasteiger partial charge in [-0.25, -0.2) is 9.78 Å². The van der Waals surface area contributed by atoms with E-state index in [0.717, 1.165) is 18.5 Å². The lowest BCUT2D eigenvalue weighted by Gasteiger charge is -2.15. The summed E-state index contributed by atoms with van der Waals surface area (Å²) in [6.45, 7) is 0. The van der Waals surface area contributed by atoms with Crippen molar-refractivity contribution < 1.29 is 14.6 Å².